The summed E-state index contributed by atoms with van der Waals surface area (Å²) in [7, 11) is 0. The average molecular weight is 608 g/mol. The van der Waals surface area contributed by atoms with Gasteiger partial charge in [-0.1, -0.05) is 115 Å². The number of hydrogen-bond donors (Lipinski definition) is 0. The van der Waals surface area contributed by atoms with Crippen LogP contribution in [0.5, 0.6) is 0 Å². The largest absolute Gasteiger partial charge is 0.365 e. The van der Waals surface area contributed by atoms with Crippen molar-refractivity contribution in [2.24, 2.45) is 17.3 Å². The van der Waals surface area contributed by atoms with Crippen LogP contribution < -0.4 is 4.90 Å². The smallest absolute Gasteiger partial charge is 0.256 e. The zero-order chi connectivity index (χ0) is 29.3. The number of thioether (sulfide) groups is 1. The van der Waals surface area contributed by atoms with Crippen LogP contribution in [0.1, 0.15) is 154 Å². The van der Waals surface area contributed by atoms with Crippen LogP contribution in [-0.4, -0.2) is 35.2 Å². The number of anilines is 1. The second-order valence-corrected chi connectivity index (χ2v) is 16.7. The van der Waals surface area contributed by atoms with E-state index >= 15 is 0 Å². The van der Waals surface area contributed by atoms with Gasteiger partial charge in [-0.05, 0) is 81.8 Å². The number of para-hydroxylation sites is 1. The first kappa shape index (κ1) is 32.0. The highest BCUT2D eigenvalue weighted by Gasteiger charge is 2.55. The maximum absolute atomic E-state index is 14.6. The van der Waals surface area contributed by atoms with Gasteiger partial charge in [-0.3, -0.25) is 4.79 Å². The number of ether oxygens (including phenoxy) is 1. The summed E-state index contributed by atoms with van der Waals surface area (Å²) in [6, 6.07) is 10.6. The second kappa shape index (κ2) is 16.0. The quantitative estimate of drug-likeness (QED) is 0.322. The third kappa shape index (κ3) is 8.05. The van der Waals surface area contributed by atoms with Crippen LogP contribution in [0.4, 0.5) is 5.69 Å². The molecule has 0 bridgehead atoms. The van der Waals surface area contributed by atoms with Crippen molar-refractivity contribution in [3.8, 4) is 0 Å². The van der Waals surface area contributed by atoms with Crippen LogP contribution in [0.2, 0.25) is 0 Å². The number of fused-ring (bicyclic) bond motifs is 1. The number of carbonyl (C=O) groups is 1. The van der Waals surface area contributed by atoms with Crippen LogP contribution in [-0.2, 0) is 9.53 Å². The molecular weight excluding hydrogens is 547 g/mol. The molecule has 3 nitrogen and oxygen atoms in total. The molecule has 1 aromatic carbocycles. The third-order valence-corrected chi connectivity index (χ3v) is 14.1. The molecule has 43 heavy (non-hydrogen) atoms. The number of hydrogen-bond acceptors (Lipinski definition) is 3. The minimum absolute atomic E-state index is 0.230. The van der Waals surface area contributed by atoms with Crippen LogP contribution in [0.15, 0.2) is 30.3 Å². The summed E-state index contributed by atoms with van der Waals surface area (Å²) in [6.45, 7) is 0.845. The molecule has 0 radical (unpaired) electrons. The Morgan fingerprint density at radius 3 is 2.00 bits per heavy atom. The van der Waals surface area contributed by atoms with E-state index in [0.29, 0.717) is 5.25 Å². The fraction of sp³-hybridized carbons (Fsp3) is 0.821. The standard InChI is InChI=1S/C39H61NO2S/c41-38(35-29-39(28-18-17-25-37(39)42-35)32-21-13-8-4-5-9-14-22-32)40(33-23-15-10-16-24-33)30-34-26-27-36(43-34)31-19-11-6-2-1-3-7-12-20-31/h10,15-16,23-24,31-32,34-37H,1-9,11-14,17-22,25-30H2. The van der Waals surface area contributed by atoms with Crippen molar-refractivity contribution in [3.63, 3.8) is 0 Å². The summed E-state index contributed by atoms with van der Waals surface area (Å²) in [6.07, 6.45) is 32.5. The molecule has 5 atom stereocenters. The zero-order valence-corrected chi connectivity index (χ0v) is 28.0. The molecule has 6 rings (SSSR count). The molecule has 4 heteroatoms. The Balaban J connectivity index is 1.15. The second-order valence-electron chi connectivity index (χ2n) is 15.2. The van der Waals surface area contributed by atoms with E-state index in [1.165, 1.54) is 141 Å². The fourth-order valence-corrected chi connectivity index (χ4v) is 11.8. The molecule has 2 saturated heterocycles. The SMILES string of the molecule is O=C(C1CC2(C3CCCCCCCC3)CCCCC2O1)N(CC1CCC(C2CCCCCCCCC2)S1)c1ccccc1. The van der Waals surface area contributed by atoms with E-state index in [4.69, 9.17) is 4.74 Å². The van der Waals surface area contributed by atoms with Gasteiger partial charge in [0.2, 0.25) is 0 Å². The van der Waals surface area contributed by atoms with Crippen molar-refractivity contribution in [3.05, 3.63) is 30.3 Å². The monoisotopic (exact) mass is 607 g/mol. The third-order valence-electron chi connectivity index (χ3n) is 12.4. The van der Waals surface area contributed by atoms with Gasteiger partial charge in [-0.15, -0.1) is 0 Å². The van der Waals surface area contributed by atoms with Gasteiger partial charge in [0, 0.05) is 28.1 Å². The molecule has 240 valence electrons. The van der Waals surface area contributed by atoms with E-state index in [1.54, 1.807) is 0 Å². The first-order valence-corrected chi connectivity index (χ1v) is 19.8. The first-order valence-electron chi connectivity index (χ1n) is 18.9. The normalized spacial score (nSPS) is 34.0. The highest BCUT2D eigenvalue weighted by Crippen LogP contribution is 2.56. The number of rotatable bonds is 6. The van der Waals surface area contributed by atoms with Crippen LogP contribution >= 0.6 is 11.8 Å². The Kier molecular flexibility index (Phi) is 11.9. The highest BCUT2D eigenvalue weighted by atomic mass is 32.2. The molecule has 0 aromatic heterocycles. The molecular formula is C39H61NO2S. The van der Waals surface area contributed by atoms with Crippen molar-refractivity contribution in [2.45, 2.75) is 177 Å². The average Bonchev–Trinajstić information content (AvgIpc) is 3.70. The van der Waals surface area contributed by atoms with E-state index in [1.807, 2.05) is 0 Å². The molecule has 2 aliphatic heterocycles. The van der Waals surface area contributed by atoms with E-state index in [-0.39, 0.29) is 23.5 Å². The van der Waals surface area contributed by atoms with Crippen molar-refractivity contribution in [1.82, 2.24) is 0 Å². The Morgan fingerprint density at radius 1 is 0.721 bits per heavy atom. The molecule has 5 aliphatic rings. The van der Waals surface area contributed by atoms with Gasteiger partial charge in [0.25, 0.3) is 5.91 Å². The van der Waals surface area contributed by atoms with E-state index in [9.17, 15) is 4.79 Å². The lowest BCUT2D eigenvalue weighted by atomic mass is 9.60. The Bertz CT molecular complexity index is 965. The first-order chi connectivity index (χ1) is 21.2. The lowest BCUT2D eigenvalue weighted by Crippen LogP contribution is -2.43. The number of carbonyl (C=O) groups excluding carboxylic acids is 1. The summed E-state index contributed by atoms with van der Waals surface area (Å²) >= 11 is 2.24. The van der Waals surface area contributed by atoms with Gasteiger partial charge >= 0.3 is 0 Å². The minimum atomic E-state index is -0.267. The van der Waals surface area contributed by atoms with Gasteiger partial charge in [-0.2, -0.15) is 11.8 Å². The van der Waals surface area contributed by atoms with Crippen molar-refractivity contribution < 1.29 is 9.53 Å². The van der Waals surface area contributed by atoms with E-state index in [2.05, 4.69) is 47.0 Å². The molecule has 2 heterocycles. The van der Waals surface area contributed by atoms with E-state index in [0.717, 1.165) is 42.2 Å². The predicted molar refractivity (Wildman–Crippen MR) is 183 cm³/mol. The Hall–Kier alpha value is -1.00. The predicted octanol–water partition coefficient (Wildman–Crippen LogP) is 10.9. The number of amides is 1. The topological polar surface area (TPSA) is 29.5 Å². The maximum atomic E-state index is 14.6. The van der Waals surface area contributed by atoms with Gasteiger partial charge < -0.3 is 9.64 Å². The molecule has 5 fully saturated rings. The molecule has 1 amide bonds. The van der Waals surface area contributed by atoms with Gasteiger partial charge in [-0.25, -0.2) is 0 Å². The molecule has 5 unspecified atom stereocenters. The Morgan fingerprint density at radius 2 is 1.33 bits per heavy atom. The molecule has 0 N–H and O–H groups in total. The Labute approximate surface area is 268 Å². The van der Waals surface area contributed by atoms with Crippen LogP contribution in [0.3, 0.4) is 0 Å². The van der Waals surface area contributed by atoms with E-state index < -0.39 is 0 Å². The van der Waals surface area contributed by atoms with Crippen LogP contribution in [0.25, 0.3) is 0 Å². The lowest BCUT2D eigenvalue weighted by molar-refractivity contribution is -0.130. The molecule has 1 aromatic rings. The molecule has 3 saturated carbocycles. The molecule has 0 spiro atoms. The van der Waals surface area contributed by atoms with Gasteiger partial charge in [0.1, 0.15) is 6.10 Å². The zero-order valence-electron chi connectivity index (χ0n) is 27.2. The fourth-order valence-electron chi connectivity index (χ4n) is 9.98. The summed E-state index contributed by atoms with van der Waals surface area (Å²) in [4.78, 5) is 16.8. The maximum Gasteiger partial charge on any atom is 0.256 e. The highest BCUT2D eigenvalue weighted by molar-refractivity contribution is 8.00. The summed E-state index contributed by atoms with van der Waals surface area (Å²) in [5.41, 5.74) is 1.30. The van der Waals surface area contributed by atoms with Gasteiger partial charge in [0.05, 0.1) is 6.10 Å². The number of nitrogens with zero attached hydrogens (tertiary/aromatic N) is 1. The van der Waals surface area contributed by atoms with Crippen molar-refractivity contribution in [2.75, 3.05) is 11.4 Å². The lowest BCUT2D eigenvalue weighted by Gasteiger charge is -2.44. The van der Waals surface area contributed by atoms with Crippen molar-refractivity contribution >= 4 is 23.4 Å². The summed E-state index contributed by atoms with van der Waals surface area (Å²) < 4.78 is 6.92. The van der Waals surface area contributed by atoms with Gasteiger partial charge in [0.15, 0.2) is 0 Å². The van der Waals surface area contributed by atoms with Crippen molar-refractivity contribution in [1.29, 1.82) is 0 Å². The molecule has 3 aliphatic carbocycles. The summed E-state index contributed by atoms with van der Waals surface area (Å²) in [5, 5.41) is 1.32. The minimum Gasteiger partial charge on any atom is -0.365 e. The van der Waals surface area contributed by atoms with Crippen LogP contribution in [0, 0.1) is 17.3 Å². The number of benzene rings is 1. The summed E-state index contributed by atoms with van der Waals surface area (Å²) in [5.74, 6) is 1.87.